The van der Waals surface area contributed by atoms with Gasteiger partial charge in [0.25, 0.3) is 0 Å². The number of halogens is 1. The van der Waals surface area contributed by atoms with E-state index in [0.717, 1.165) is 6.54 Å². The monoisotopic (exact) mass is 292 g/mol. The Bertz CT molecular complexity index is 540. The molecule has 106 valence electrons. The summed E-state index contributed by atoms with van der Waals surface area (Å²) in [7, 11) is 0. The smallest absolute Gasteiger partial charge is 0.229 e. The van der Waals surface area contributed by atoms with Gasteiger partial charge in [-0.3, -0.25) is 0 Å². The predicted octanol–water partition coefficient (Wildman–Crippen LogP) is 2.16. The molecule has 0 atom stereocenters. The first-order chi connectivity index (χ1) is 9.54. The summed E-state index contributed by atoms with van der Waals surface area (Å²) >= 11 is 5.94. The number of nitrogens with zero attached hydrogens (tertiary/aromatic N) is 5. The van der Waals surface area contributed by atoms with Crippen molar-refractivity contribution in [2.75, 3.05) is 17.2 Å². The molecule has 2 aromatic heterocycles. The van der Waals surface area contributed by atoms with Gasteiger partial charge in [0.1, 0.15) is 16.8 Å². The molecule has 2 rings (SSSR count). The Kier molecular flexibility index (Phi) is 4.68. The normalized spacial score (nSPS) is 10.8. The zero-order valence-corrected chi connectivity index (χ0v) is 12.2. The molecule has 2 N–H and O–H groups in total. The second kappa shape index (κ2) is 6.47. The number of rotatable bonds is 5. The van der Waals surface area contributed by atoms with Gasteiger partial charge in [-0.25, -0.2) is 15.0 Å². The van der Waals surface area contributed by atoms with Crippen molar-refractivity contribution < 1.29 is 0 Å². The predicted molar refractivity (Wildman–Crippen MR) is 79.4 cm³/mol. The third kappa shape index (κ3) is 4.03. The molecule has 0 bridgehead atoms. The van der Waals surface area contributed by atoms with Crippen LogP contribution in [0.5, 0.6) is 0 Å². The molecule has 7 heteroatoms. The number of nitrogen functional groups attached to an aromatic ring is 1. The van der Waals surface area contributed by atoms with E-state index < -0.39 is 0 Å². The second-order valence-corrected chi connectivity index (χ2v) is 5.24. The van der Waals surface area contributed by atoms with Gasteiger partial charge in [-0.05, 0) is 12.0 Å². The molecule has 0 saturated carbocycles. The zero-order valence-electron chi connectivity index (χ0n) is 11.5. The van der Waals surface area contributed by atoms with Crippen molar-refractivity contribution in [3.8, 4) is 0 Å². The average Bonchev–Trinajstić information content (AvgIpc) is 2.37. The number of hydrogen-bond donors (Lipinski definition) is 1. The first-order valence-corrected chi connectivity index (χ1v) is 6.73. The second-order valence-electron chi connectivity index (χ2n) is 4.85. The summed E-state index contributed by atoms with van der Waals surface area (Å²) in [6.45, 7) is 5.51. The average molecular weight is 293 g/mol. The molecule has 2 heterocycles. The molecule has 0 fully saturated rings. The van der Waals surface area contributed by atoms with E-state index in [2.05, 4.69) is 33.8 Å². The first kappa shape index (κ1) is 14.5. The van der Waals surface area contributed by atoms with E-state index in [9.17, 15) is 0 Å². The molecule has 0 amide bonds. The molecule has 20 heavy (non-hydrogen) atoms. The topological polar surface area (TPSA) is 80.8 Å². The Morgan fingerprint density at radius 1 is 1.25 bits per heavy atom. The first-order valence-electron chi connectivity index (χ1n) is 6.35. The largest absolute Gasteiger partial charge is 0.383 e. The van der Waals surface area contributed by atoms with Crippen LogP contribution in [0.3, 0.4) is 0 Å². The van der Waals surface area contributed by atoms with Crippen LogP contribution >= 0.6 is 11.6 Å². The number of anilines is 2. The maximum absolute atomic E-state index is 5.94. The molecule has 0 spiro atoms. The molecule has 0 saturated heterocycles. The van der Waals surface area contributed by atoms with Crippen molar-refractivity contribution in [1.29, 1.82) is 0 Å². The third-order valence-electron chi connectivity index (χ3n) is 2.52. The van der Waals surface area contributed by atoms with Crippen LogP contribution in [0.25, 0.3) is 0 Å². The lowest BCUT2D eigenvalue weighted by molar-refractivity contribution is 0.591. The van der Waals surface area contributed by atoms with Crippen LogP contribution < -0.4 is 10.6 Å². The lowest BCUT2D eigenvalue weighted by Gasteiger charge is -2.24. The van der Waals surface area contributed by atoms with Crippen molar-refractivity contribution in [3.63, 3.8) is 0 Å². The molecule has 2 aromatic rings. The molecule has 6 nitrogen and oxygen atoms in total. The number of aromatic nitrogens is 4. The Hall–Kier alpha value is -1.95. The highest BCUT2D eigenvalue weighted by atomic mass is 35.5. The third-order valence-corrected chi connectivity index (χ3v) is 2.72. The van der Waals surface area contributed by atoms with Crippen LogP contribution in [-0.2, 0) is 6.54 Å². The summed E-state index contributed by atoms with van der Waals surface area (Å²) in [5.41, 5.74) is 5.73. The molecule has 0 aliphatic heterocycles. The minimum absolute atomic E-state index is 0.329. The van der Waals surface area contributed by atoms with Crippen LogP contribution in [0.2, 0.25) is 5.15 Å². The Morgan fingerprint density at radius 3 is 2.55 bits per heavy atom. The van der Waals surface area contributed by atoms with E-state index in [1.807, 2.05) is 4.90 Å². The van der Waals surface area contributed by atoms with E-state index in [0.29, 0.717) is 35.2 Å². The summed E-state index contributed by atoms with van der Waals surface area (Å²) in [4.78, 5) is 18.9. The summed E-state index contributed by atoms with van der Waals surface area (Å²) in [6.07, 6.45) is 3.42. The molecule has 0 aliphatic carbocycles. The lowest BCUT2D eigenvalue weighted by Crippen LogP contribution is -2.30. The highest BCUT2D eigenvalue weighted by Gasteiger charge is 2.14. The Balaban J connectivity index is 2.27. The molecular weight excluding hydrogens is 276 g/mol. The molecule has 0 radical (unpaired) electrons. The van der Waals surface area contributed by atoms with E-state index in [1.54, 1.807) is 18.5 Å². The quantitative estimate of drug-likeness (QED) is 0.851. The molecule has 0 unspecified atom stereocenters. The van der Waals surface area contributed by atoms with Gasteiger partial charge in [-0.15, -0.1) is 0 Å². The zero-order chi connectivity index (χ0) is 14.5. The summed E-state index contributed by atoms with van der Waals surface area (Å²) in [6, 6.07) is 3.31. The standard InChI is InChI=1S/C13H17ClN6/c1-9(2)7-20(8-12-16-4-3-5-17-12)13-18-10(14)6-11(15)19-13/h3-6,9H,7-8H2,1-2H3,(H2,15,18,19). The molecule has 0 aliphatic rings. The SMILES string of the molecule is CC(C)CN(Cc1ncccn1)c1nc(N)cc(Cl)n1. The van der Waals surface area contributed by atoms with Crippen molar-refractivity contribution in [2.24, 2.45) is 5.92 Å². The fraction of sp³-hybridized carbons (Fsp3) is 0.385. The van der Waals surface area contributed by atoms with Gasteiger partial charge in [-0.2, -0.15) is 4.98 Å². The summed E-state index contributed by atoms with van der Waals surface area (Å²) in [5, 5.41) is 0.329. The fourth-order valence-corrected chi connectivity index (χ4v) is 1.99. The maximum Gasteiger partial charge on any atom is 0.229 e. The molecule has 0 aromatic carbocycles. The van der Waals surface area contributed by atoms with Crippen molar-refractivity contribution in [2.45, 2.75) is 20.4 Å². The van der Waals surface area contributed by atoms with Crippen LogP contribution in [0, 0.1) is 5.92 Å². The van der Waals surface area contributed by atoms with Crippen molar-refractivity contribution in [3.05, 3.63) is 35.5 Å². The summed E-state index contributed by atoms with van der Waals surface area (Å²) in [5.74, 6) is 1.98. The van der Waals surface area contributed by atoms with Gasteiger partial charge in [0.15, 0.2) is 0 Å². The number of hydrogen-bond acceptors (Lipinski definition) is 6. The van der Waals surface area contributed by atoms with Crippen molar-refractivity contribution in [1.82, 2.24) is 19.9 Å². The minimum Gasteiger partial charge on any atom is -0.383 e. The highest BCUT2D eigenvalue weighted by Crippen LogP contribution is 2.18. The minimum atomic E-state index is 0.329. The van der Waals surface area contributed by atoms with E-state index in [1.165, 1.54) is 6.07 Å². The maximum atomic E-state index is 5.94. The van der Waals surface area contributed by atoms with Crippen LogP contribution in [0.1, 0.15) is 19.7 Å². The van der Waals surface area contributed by atoms with Gasteiger partial charge in [0, 0.05) is 25.0 Å². The van der Waals surface area contributed by atoms with Crippen LogP contribution in [0.4, 0.5) is 11.8 Å². The van der Waals surface area contributed by atoms with Gasteiger partial charge < -0.3 is 10.6 Å². The van der Waals surface area contributed by atoms with Gasteiger partial charge in [-0.1, -0.05) is 25.4 Å². The number of nitrogens with two attached hydrogens (primary N) is 1. The van der Waals surface area contributed by atoms with Gasteiger partial charge in [0.05, 0.1) is 6.54 Å². The van der Waals surface area contributed by atoms with Crippen molar-refractivity contribution >= 4 is 23.4 Å². The van der Waals surface area contributed by atoms with Gasteiger partial charge >= 0.3 is 0 Å². The fourth-order valence-electron chi connectivity index (χ4n) is 1.80. The van der Waals surface area contributed by atoms with Gasteiger partial charge in [0.2, 0.25) is 5.95 Å². The Morgan fingerprint density at radius 2 is 1.95 bits per heavy atom. The Labute approximate surface area is 123 Å². The summed E-state index contributed by atoms with van der Waals surface area (Å²) < 4.78 is 0. The van der Waals surface area contributed by atoms with E-state index in [4.69, 9.17) is 17.3 Å². The molecular formula is C13H17ClN6. The van der Waals surface area contributed by atoms with E-state index >= 15 is 0 Å². The van der Waals surface area contributed by atoms with E-state index in [-0.39, 0.29) is 0 Å². The van der Waals surface area contributed by atoms with Crippen LogP contribution in [0.15, 0.2) is 24.5 Å². The van der Waals surface area contributed by atoms with Crippen LogP contribution in [-0.4, -0.2) is 26.5 Å². The lowest BCUT2D eigenvalue weighted by atomic mass is 10.2. The highest BCUT2D eigenvalue weighted by molar-refractivity contribution is 6.29.